The molecule has 0 unspecified atom stereocenters. The SMILES string of the molecule is Cc1ncc(S(=O)(=O)Nc2c(C)cccc2C(C)C)[nH]1. The van der Waals surface area contributed by atoms with Gasteiger partial charge in [-0.3, -0.25) is 4.72 Å². The molecule has 0 aliphatic rings. The Morgan fingerprint density at radius 2 is 1.95 bits per heavy atom. The van der Waals surface area contributed by atoms with Crippen molar-refractivity contribution in [1.29, 1.82) is 0 Å². The average molecular weight is 293 g/mol. The van der Waals surface area contributed by atoms with Crippen molar-refractivity contribution in [2.45, 2.75) is 38.6 Å². The van der Waals surface area contributed by atoms with Crippen LogP contribution >= 0.6 is 0 Å². The van der Waals surface area contributed by atoms with Crippen molar-refractivity contribution >= 4 is 15.7 Å². The Morgan fingerprint density at radius 1 is 1.25 bits per heavy atom. The van der Waals surface area contributed by atoms with Gasteiger partial charge in [-0.1, -0.05) is 32.0 Å². The first-order chi connectivity index (χ1) is 9.31. The van der Waals surface area contributed by atoms with Gasteiger partial charge in [-0.25, -0.2) is 4.98 Å². The molecule has 0 fully saturated rings. The minimum atomic E-state index is -3.64. The Bertz CT molecular complexity index is 718. The van der Waals surface area contributed by atoms with Crippen LogP contribution in [0.2, 0.25) is 0 Å². The van der Waals surface area contributed by atoms with Gasteiger partial charge in [0.25, 0.3) is 10.0 Å². The number of para-hydroxylation sites is 1. The lowest BCUT2D eigenvalue weighted by Crippen LogP contribution is -2.16. The molecule has 2 rings (SSSR count). The number of benzene rings is 1. The first kappa shape index (κ1) is 14.6. The van der Waals surface area contributed by atoms with Gasteiger partial charge in [-0.15, -0.1) is 0 Å². The molecule has 6 heteroatoms. The lowest BCUT2D eigenvalue weighted by Gasteiger charge is -2.16. The number of imidazole rings is 1. The minimum Gasteiger partial charge on any atom is -0.332 e. The van der Waals surface area contributed by atoms with Gasteiger partial charge < -0.3 is 4.98 Å². The molecule has 108 valence electrons. The number of anilines is 1. The largest absolute Gasteiger partial charge is 0.332 e. The Kier molecular flexibility index (Phi) is 3.85. The molecule has 0 saturated carbocycles. The third-order valence-electron chi connectivity index (χ3n) is 3.13. The van der Waals surface area contributed by atoms with Crippen LogP contribution in [0.4, 0.5) is 5.69 Å². The maximum atomic E-state index is 12.4. The van der Waals surface area contributed by atoms with Gasteiger partial charge in [0, 0.05) is 0 Å². The van der Waals surface area contributed by atoms with Crippen molar-refractivity contribution in [3.63, 3.8) is 0 Å². The number of aromatic amines is 1. The van der Waals surface area contributed by atoms with E-state index in [2.05, 4.69) is 14.7 Å². The monoisotopic (exact) mass is 293 g/mol. The normalized spacial score (nSPS) is 11.8. The van der Waals surface area contributed by atoms with Crippen LogP contribution in [0.1, 0.15) is 36.7 Å². The van der Waals surface area contributed by atoms with Gasteiger partial charge in [-0.2, -0.15) is 8.42 Å². The van der Waals surface area contributed by atoms with Crippen LogP contribution in [0.25, 0.3) is 0 Å². The van der Waals surface area contributed by atoms with E-state index in [-0.39, 0.29) is 10.9 Å². The van der Waals surface area contributed by atoms with Crippen molar-refractivity contribution in [3.8, 4) is 0 Å². The second-order valence-electron chi connectivity index (χ2n) is 5.13. The van der Waals surface area contributed by atoms with E-state index in [0.29, 0.717) is 11.5 Å². The van der Waals surface area contributed by atoms with Crippen molar-refractivity contribution in [3.05, 3.63) is 41.3 Å². The topological polar surface area (TPSA) is 74.8 Å². The summed E-state index contributed by atoms with van der Waals surface area (Å²) in [6, 6.07) is 5.76. The number of nitrogens with one attached hydrogen (secondary N) is 2. The maximum absolute atomic E-state index is 12.4. The fourth-order valence-electron chi connectivity index (χ4n) is 2.04. The van der Waals surface area contributed by atoms with Crippen molar-refractivity contribution in [2.24, 2.45) is 0 Å². The standard InChI is InChI=1S/C14H19N3O2S/c1-9(2)12-7-5-6-10(3)14(12)17-20(18,19)13-8-15-11(4)16-13/h5-9,17H,1-4H3,(H,15,16). The molecule has 0 amide bonds. The highest BCUT2D eigenvalue weighted by Gasteiger charge is 2.20. The molecule has 0 aliphatic heterocycles. The Morgan fingerprint density at radius 3 is 2.50 bits per heavy atom. The lowest BCUT2D eigenvalue weighted by atomic mass is 9.99. The molecule has 20 heavy (non-hydrogen) atoms. The van der Waals surface area contributed by atoms with Crippen LogP contribution < -0.4 is 4.72 Å². The lowest BCUT2D eigenvalue weighted by molar-refractivity contribution is 0.598. The third-order valence-corrected chi connectivity index (χ3v) is 4.39. The highest BCUT2D eigenvalue weighted by molar-refractivity contribution is 7.92. The van der Waals surface area contributed by atoms with Crippen LogP contribution in [-0.4, -0.2) is 18.4 Å². The number of rotatable bonds is 4. The zero-order valence-corrected chi connectivity index (χ0v) is 12.9. The molecule has 0 atom stereocenters. The van der Waals surface area contributed by atoms with E-state index < -0.39 is 10.0 Å². The summed E-state index contributed by atoms with van der Waals surface area (Å²) < 4.78 is 27.4. The molecule has 2 N–H and O–H groups in total. The highest BCUT2D eigenvalue weighted by atomic mass is 32.2. The fraction of sp³-hybridized carbons (Fsp3) is 0.357. The van der Waals surface area contributed by atoms with Gasteiger partial charge in [0.15, 0.2) is 5.03 Å². The maximum Gasteiger partial charge on any atom is 0.279 e. The summed E-state index contributed by atoms with van der Waals surface area (Å²) in [5.41, 5.74) is 2.52. The number of H-pyrrole nitrogens is 1. The summed E-state index contributed by atoms with van der Waals surface area (Å²) in [6.45, 7) is 7.67. The van der Waals surface area contributed by atoms with E-state index in [1.807, 2.05) is 39.0 Å². The van der Waals surface area contributed by atoms with Gasteiger partial charge in [0.2, 0.25) is 0 Å². The molecule has 0 spiro atoms. The molecule has 1 aromatic carbocycles. The predicted octanol–water partition coefficient (Wildman–Crippen LogP) is 2.95. The number of hydrogen-bond donors (Lipinski definition) is 2. The molecule has 1 aromatic heterocycles. The predicted molar refractivity (Wildman–Crippen MR) is 79.4 cm³/mol. The van der Waals surface area contributed by atoms with Crippen molar-refractivity contribution in [1.82, 2.24) is 9.97 Å². The molecule has 2 aromatic rings. The Labute approximate surface area is 119 Å². The Balaban J connectivity index is 2.44. The molecule has 1 heterocycles. The van der Waals surface area contributed by atoms with E-state index in [1.165, 1.54) is 6.20 Å². The number of aryl methyl sites for hydroxylation is 2. The quantitative estimate of drug-likeness (QED) is 0.910. The van der Waals surface area contributed by atoms with Crippen molar-refractivity contribution < 1.29 is 8.42 Å². The van der Waals surface area contributed by atoms with E-state index in [0.717, 1.165) is 11.1 Å². The summed E-state index contributed by atoms with van der Waals surface area (Å²) in [5.74, 6) is 0.801. The first-order valence-corrected chi connectivity index (χ1v) is 7.93. The fourth-order valence-corrected chi connectivity index (χ4v) is 3.17. The van der Waals surface area contributed by atoms with E-state index in [1.54, 1.807) is 6.92 Å². The summed E-state index contributed by atoms with van der Waals surface area (Å²) in [6.07, 6.45) is 1.32. The van der Waals surface area contributed by atoms with E-state index in [4.69, 9.17) is 0 Å². The molecule has 5 nitrogen and oxygen atoms in total. The molecule has 0 radical (unpaired) electrons. The third kappa shape index (κ3) is 2.85. The summed E-state index contributed by atoms with van der Waals surface area (Å²) in [7, 11) is -3.64. The summed E-state index contributed by atoms with van der Waals surface area (Å²) in [5, 5.41) is 0.0768. The van der Waals surface area contributed by atoms with Gasteiger partial charge in [0.1, 0.15) is 5.82 Å². The van der Waals surface area contributed by atoms with Crippen LogP contribution in [0.15, 0.2) is 29.4 Å². The number of aromatic nitrogens is 2. The smallest absolute Gasteiger partial charge is 0.279 e. The molecular formula is C14H19N3O2S. The van der Waals surface area contributed by atoms with Crippen molar-refractivity contribution in [2.75, 3.05) is 4.72 Å². The zero-order chi connectivity index (χ0) is 14.9. The van der Waals surface area contributed by atoms with Crippen LogP contribution in [-0.2, 0) is 10.0 Å². The second kappa shape index (κ2) is 5.28. The number of hydrogen-bond acceptors (Lipinski definition) is 3. The molecule has 0 aliphatic carbocycles. The average Bonchev–Trinajstić information content (AvgIpc) is 2.79. The Hall–Kier alpha value is -1.82. The molecular weight excluding hydrogens is 274 g/mol. The van der Waals surface area contributed by atoms with E-state index in [9.17, 15) is 8.42 Å². The minimum absolute atomic E-state index is 0.0768. The van der Waals surface area contributed by atoms with Gasteiger partial charge in [-0.05, 0) is 30.9 Å². The first-order valence-electron chi connectivity index (χ1n) is 6.45. The highest BCUT2D eigenvalue weighted by Crippen LogP contribution is 2.29. The number of sulfonamides is 1. The van der Waals surface area contributed by atoms with Crippen LogP contribution in [0.3, 0.4) is 0 Å². The molecule has 0 saturated heterocycles. The van der Waals surface area contributed by atoms with Gasteiger partial charge >= 0.3 is 0 Å². The zero-order valence-electron chi connectivity index (χ0n) is 12.1. The van der Waals surface area contributed by atoms with Crippen LogP contribution in [0.5, 0.6) is 0 Å². The summed E-state index contributed by atoms with van der Waals surface area (Å²) in [4.78, 5) is 6.67. The van der Waals surface area contributed by atoms with E-state index >= 15 is 0 Å². The summed E-state index contributed by atoms with van der Waals surface area (Å²) >= 11 is 0. The van der Waals surface area contributed by atoms with Crippen LogP contribution in [0, 0.1) is 13.8 Å². The second-order valence-corrected chi connectivity index (χ2v) is 6.78. The molecule has 0 bridgehead atoms. The van der Waals surface area contributed by atoms with Gasteiger partial charge in [0.05, 0.1) is 11.9 Å². The number of nitrogens with zero attached hydrogens (tertiary/aromatic N) is 1.